The van der Waals surface area contributed by atoms with Gasteiger partial charge in [-0.1, -0.05) is 12.1 Å². The first-order valence-corrected chi connectivity index (χ1v) is 7.22. The van der Waals surface area contributed by atoms with E-state index in [1.165, 1.54) is 35.6 Å². The number of carbonyl (C=O) groups excluding carboxylic acids is 1. The summed E-state index contributed by atoms with van der Waals surface area (Å²) in [6.45, 7) is 0.358. The van der Waals surface area contributed by atoms with Crippen molar-refractivity contribution < 1.29 is 18.6 Å². The number of furan rings is 2. The van der Waals surface area contributed by atoms with Gasteiger partial charge >= 0.3 is 0 Å². The topological polar surface area (TPSA) is 89.7 Å². The van der Waals surface area contributed by atoms with Gasteiger partial charge in [0.05, 0.1) is 30.5 Å². The SMILES string of the molecule is O=C(c1ccccc1[N+](=O)[O-])N(Cc1ccco1)Cc1ccco1. The molecule has 0 bridgehead atoms. The molecule has 7 nitrogen and oxygen atoms in total. The average Bonchev–Trinajstić information content (AvgIpc) is 3.27. The Labute approximate surface area is 137 Å². The van der Waals surface area contributed by atoms with Crippen LogP contribution in [-0.2, 0) is 13.1 Å². The fourth-order valence-electron chi connectivity index (χ4n) is 2.36. The summed E-state index contributed by atoms with van der Waals surface area (Å²) in [4.78, 5) is 24.9. The van der Waals surface area contributed by atoms with E-state index < -0.39 is 10.8 Å². The first-order valence-electron chi connectivity index (χ1n) is 7.22. The van der Waals surface area contributed by atoms with Gasteiger partial charge in [0.25, 0.3) is 11.6 Å². The molecule has 2 heterocycles. The highest BCUT2D eigenvalue weighted by molar-refractivity contribution is 5.98. The summed E-state index contributed by atoms with van der Waals surface area (Å²) in [5.74, 6) is 0.692. The van der Waals surface area contributed by atoms with Crippen molar-refractivity contribution in [2.75, 3.05) is 0 Å². The summed E-state index contributed by atoms with van der Waals surface area (Å²) in [5.41, 5.74) is -0.202. The molecule has 1 aromatic carbocycles. The molecule has 0 fully saturated rings. The van der Waals surface area contributed by atoms with E-state index in [2.05, 4.69) is 0 Å². The van der Waals surface area contributed by atoms with Gasteiger partial charge in [-0.2, -0.15) is 0 Å². The maximum Gasteiger partial charge on any atom is 0.282 e. The largest absolute Gasteiger partial charge is 0.467 e. The number of hydrogen-bond donors (Lipinski definition) is 0. The molecule has 3 aromatic rings. The van der Waals surface area contributed by atoms with Crippen LogP contribution in [0.4, 0.5) is 5.69 Å². The van der Waals surface area contributed by atoms with Gasteiger partial charge in [-0.25, -0.2) is 0 Å². The number of nitro groups is 1. The molecule has 0 saturated carbocycles. The predicted molar refractivity (Wildman–Crippen MR) is 84.1 cm³/mol. The second kappa shape index (κ2) is 6.82. The van der Waals surface area contributed by atoms with Crippen LogP contribution in [0.25, 0.3) is 0 Å². The van der Waals surface area contributed by atoms with Crippen LogP contribution in [0, 0.1) is 10.1 Å². The Morgan fingerprint density at radius 2 is 1.54 bits per heavy atom. The molecular formula is C17H14N2O5. The lowest BCUT2D eigenvalue weighted by molar-refractivity contribution is -0.385. The highest BCUT2D eigenvalue weighted by Gasteiger charge is 2.25. The van der Waals surface area contributed by atoms with E-state index in [0.717, 1.165) is 0 Å². The molecule has 0 aliphatic rings. The van der Waals surface area contributed by atoms with Gasteiger partial charge < -0.3 is 13.7 Å². The summed E-state index contributed by atoms with van der Waals surface area (Å²) >= 11 is 0. The number of hydrogen-bond acceptors (Lipinski definition) is 5. The normalized spacial score (nSPS) is 10.5. The van der Waals surface area contributed by atoms with Crippen molar-refractivity contribution in [1.29, 1.82) is 0 Å². The number of nitrogens with zero attached hydrogens (tertiary/aromatic N) is 2. The zero-order valence-electron chi connectivity index (χ0n) is 12.6. The fraction of sp³-hybridized carbons (Fsp3) is 0.118. The van der Waals surface area contributed by atoms with Crippen LogP contribution in [0.2, 0.25) is 0 Å². The number of benzene rings is 1. The number of rotatable bonds is 6. The van der Waals surface area contributed by atoms with Crippen molar-refractivity contribution >= 4 is 11.6 Å². The lowest BCUT2D eigenvalue weighted by Crippen LogP contribution is -2.30. The summed E-state index contributed by atoms with van der Waals surface area (Å²) in [6.07, 6.45) is 3.02. The Kier molecular flexibility index (Phi) is 4.42. The van der Waals surface area contributed by atoms with Gasteiger partial charge in [0.15, 0.2) is 0 Å². The molecule has 24 heavy (non-hydrogen) atoms. The number of amides is 1. The van der Waals surface area contributed by atoms with Crippen LogP contribution in [0.5, 0.6) is 0 Å². The monoisotopic (exact) mass is 326 g/mol. The summed E-state index contributed by atoms with van der Waals surface area (Å²) in [7, 11) is 0. The van der Waals surface area contributed by atoms with E-state index in [4.69, 9.17) is 8.83 Å². The zero-order valence-corrected chi connectivity index (χ0v) is 12.6. The minimum Gasteiger partial charge on any atom is -0.467 e. The molecule has 0 atom stereocenters. The van der Waals surface area contributed by atoms with E-state index in [1.54, 1.807) is 30.3 Å². The molecule has 2 aromatic heterocycles. The molecule has 0 saturated heterocycles. The van der Waals surface area contributed by atoms with Crippen molar-refractivity contribution in [3.8, 4) is 0 Å². The van der Waals surface area contributed by atoms with E-state index in [-0.39, 0.29) is 24.3 Å². The average molecular weight is 326 g/mol. The third-order valence-corrected chi connectivity index (χ3v) is 3.47. The van der Waals surface area contributed by atoms with Crippen LogP contribution < -0.4 is 0 Å². The fourth-order valence-corrected chi connectivity index (χ4v) is 2.36. The molecular weight excluding hydrogens is 312 g/mol. The first kappa shape index (κ1) is 15.5. The highest BCUT2D eigenvalue weighted by Crippen LogP contribution is 2.22. The third kappa shape index (κ3) is 3.35. The molecule has 0 spiro atoms. The van der Waals surface area contributed by atoms with E-state index in [9.17, 15) is 14.9 Å². The number of nitro benzene ring substituents is 1. The second-order valence-electron chi connectivity index (χ2n) is 5.09. The predicted octanol–water partition coefficient (Wildman–Crippen LogP) is 3.62. The van der Waals surface area contributed by atoms with E-state index >= 15 is 0 Å². The maximum atomic E-state index is 12.9. The first-order chi connectivity index (χ1) is 11.6. The quantitative estimate of drug-likeness (QED) is 0.510. The second-order valence-corrected chi connectivity index (χ2v) is 5.09. The summed E-state index contributed by atoms with van der Waals surface area (Å²) in [5, 5.41) is 11.2. The van der Waals surface area contributed by atoms with Crippen molar-refractivity contribution in [3.05, 3.63) is 88.3 Å². The van der Waals surface area contributed by atoms with Crippen LogP contribution >= 0.6 is 0 Å². The van der Waals surface area contributed by atoms with Gasteiger partial charge in [0, 0.05) is 6.07 Å². The highest BCUT2D eigenvalue weighted by atomic mass is 16.6. The van der Waals surface area contributed by atoms with Crippen molar-refractivity contribution in [2.24, 2.45) is 0 Å². The third-order valence-electron chi connectivity index (χ3n) is 3.47. The molecule has 1 amide bonds. The zero-order chi connectivity index (χ0) is 16.9. The summed E-state index contributed by atoms with van der Waals surface area (Å²) in [6, 6.07) is 12.8. The summed E-state index contributed by atoms with van der Waals surface area (Å²) < 4.78 is 10.6. The standard InChI is InChI=1S/C17H14N2O5/c20-17(15-7-1-2-8-16(15)19(21)22)18(11-13-5-3-9-23-13)12-14-6-4-10-24-14/h1-10H,11-12H2. The number of carbonyl (C=O) groups is 1. The van der Waals surface area contributed by atoms with Gasteiger partial charge in [-0.15, -0.1) is 0 Å². The van der Waals surface area contributed by atoms with Crippen molar-refractivity contribution in [2.45, 2.75) is 13.1 Å². The van der Waals surface area contributed by atoms with Crippen LogP contribution in [0.3, 0.4) is 0 Å². The number of para-hydroxylation sites is 1. The molecule has 7 heteroatoms. The molecule has 0 aliphatic carbocycles. The lowest BCUT2D eigenvalue weighted by atomic mass is 10.1. The Balaban J connectivity index is 1.92. The Bertz CT molecular complexity index is 788. The van der Waals surface area contributed by atoms with Gasteiger partial charge in [0.2, 0.25) is 0 Å². The molecule has 122 valence electrons. The molecule has 3 rings (SSSR count). The molecule has 0 unspecified atom stereocenters. The smallest absolute Gasteiger partial charge is 0.282 e. The van der Waals surface area contributed by atoms with Gasteiger partial charge in [-0.05, 0) is 30.3 Å². The van der Waals surface area contributed by atoms with Gasteiger partial charge in [0.1, 0.15) is 17.1 Å². The molecule has 0 N–H and O–H groups in total. The molecule has 0 aliphatic heterocycles. The molecule has 0 radical (unpaired) electrons. The van der Waals surface area contributed by atoms with Crippen molar-refractivity contribution in [1.82, 2.24) is 4.90 Å². The Hall–Kier alpha value is -3.35. The van der Waals surface area contributed by atoms with Crippen LogP contribution in [-0.4, -0.2) is 15.7 Å². The van der Waals surface area contributed by atoms with Crippen LogP contribution in [0.1, 0.15) is 21.9 Å². The lowest BCUT2D eigenvalue weighted by Gasteiger charge is -2.20. The van der Waals surface area contributed by atoms with E-state index in [0.29, 0.717) is 11.5 Å². The van der Waals surface area contributed by atoms with E-state index in [1.807, 2.05) is 0 Å². The Morgan fingerprint density at radius 3 is 2.04 bits per heavy atom. The van der Waals surface area contributed by atoms with Crippen LogP contribution in [0.15, 0.2) is 69.9 Å². The minimum atomic E-state index is -0.564. The minimum absolute atomic E-state index is 0.0283. The van der Waals surface area contributed by atoms with Crippen molar-refractivity contribution in [3.63, 3.8) is 0 Å². The Morgan fingerprint density at radius 1 is 0.958 bits per heavy atom. The van der Waals surface area contributed by atoms with Gasteiger partial charge in [-0.3, -0.25) is 14.9 Å². The maximum absolute atomic E-state index is 12.9.